The van der Waals surface area contributed by atoms with Gasteiger partial charge in [0.1, 0.15) is 0 Å². The van der Waals surface area contributed by atoms with Crippen LogP contribution in [0.4, 0.5) is 0 Å². The SMILES string of the molecule is CN=C(NCCc1nc(-c2ccc(Cl)cc2)no1)NCc1ccnn1C. The highest BCUT2D eigenvalue weighted by Gasteiger charge is 2.09. The molecule has 0 aliphatic carbocycles. The van der Waals surface area contributed by atoms with E-state index in [1.54, 1.807) is 25.4 Å². The summed E-state index contributed by atoms with van der Waals surface area (Å²) >= 11 is 5.89. The van der Waals surface area contributed by atoms with Crippen LogP contribution in [0.15, 0.2) is 46.0 Å². The van der Waals surface area contributed by atoms with Gasteiger partial charge in [-0.15, -0.1) is 0 Å². The molecule has 3 aromatic rings. The molecule has 2 N–H and O–H groups in total. The summed E-state index contributed by atoms with van der Waals surface area (Å²) in [5.74, 6) is 1.81. The predicted octanol–water partition coefficient (Wildman–Crippen LogP) is 2.03. The third-order valence-electron chi connectivity index (χ3n) is 3.78. The smallest absolute Gasteiger partial charge is 0.228 e. The first-order valence-electron chi connectivity index (χ1n) is 8.15. The van der Waals surface area contributed by atoms with Gasteiger partial charge in [0, 0.05) is 43.8 Å². The lowest BCUT2D eigenvalue weighted by Gasteiger charge is -2.11. The topological polar surface area (TPSA) is 93.2 Å². The molecule has 0 saturated heterocycles. The molecular formula is C17H20ClN7O. The van der Waals surface area contributed by atoms with Gasteiger partial charge in [0.2, 0.25) is 11.7 Å². The van der Waals surface area contributed by atoms with Crippen LogP contribution in [0.3, 0.4) is 0 Å². The molecule has 26 heavy (non-hydrogen) atoms. The molecule has 0 atom stereocenters. The minimum Gasteiger partial charge on any atom is -0.356 e. The van der Waals surface area contributed by atoms with Crippen molar-refractivity contribution in [2.45, 2.75) is 13.0 Å². The van der Waals surface area contributed by atoms with E-state index in [9.17, 15) is 0 Å². The standard InChI is InChI=1S/C17H20ClN7O/c1-19-17(21-11-14-7-10-22-25(14)2)20-9-8-15-23-16(24-26-15)12-3-5-13(18)6-4-12/h3-7,10H,8-9,11H2,1-2H3,(H2,19,20,21). The van der Waals surface area contributed by atoms with Crippen molar-refractivity contribution < 1.29 is 4.52 Å². The van der Waals surface area contributed by atoms with Gasteiger partial charge in [-0.3, -0.25) is 9.67 Å². The summed E-state index contributed by atoms with van der Waals surface area (Å²) in [4.78, 5) is 8.59. The summed E-state index contributed by atoms with van der Waals surface area (Å²) in [5.41, 5.74) is 1.93. The maximum atomic E-state index is 5.89. The first-order chi connectivity index (χ1) is 12.7. The highest BCUT2D eigenvalue weighted by atomic mass is 35.5. The number of aliphatic imine (C=N–C) groups is 1. The summed E-state index contributed by atoms with van der Waals surface area (Å²) in [6, 6.07) is 9.27. The summed E-state index contributed by atoms with van der Waals surface area (Å²) in [5, 5.41) is 15.3. The molecule has 0 radical (unpaired) electrons. The molecular weight excluding hydrogens is 354 g/mol. The average Bonchev–Trinajstić information content (AvgIpc) is 3.28. The van der Waals surface area contributed by atoms with Crippen molar-refractivity contribution in [3.63, 3.8) is 0 Å². The van der Waals surface area contributed by atoms with Crippen LogP contribution >= 0.6 is 11.6 Å². The van der Waals surface area contributed by atoms with Gasteiger partial charge in [-0.25, -0.2) is 0 Å². The minimum absolute atomic E-state index is 0.551. The zero-order valence-corrected chi connectivity index (χ0v) is 15.4. The van der Waals surface area contributed by atoms with Crippen LogP contribution in [0.2, 0.25) is 5.02 Å². The Bertz CT molecular complexity index is 869. The van der Waals surface area contributed by atoms with Crippen LogP contribution in [0.1, 0.15) is 11.6 Å². The fourth-order valence-electron chi connectivity index (χ4n) is 2.33. The van der Waals surface area contributed by atoms with Crippen LogP contribution < -0.4 is 10.6 Å². The molecule has 0 fully saturated rings. The fourth-order valence-corrected chi connectivity index (χ4v) is 2.46. The van der Waals surface area contributed by atoms with E-state index in [0.717, 1.165) is 11.3 Å². The number of hydrogen-bond donors (Lipinski definition) is 2. The Hall–Kier alpha value is -2.87. The van der Waals surface area contributed by atoms with Crippen molar-refractivity contribution in [2.24, 2.45) is 12.0 Å². The van der Waals surface area contributed by atoms with E-state index >= 15 is 0 Å². The third-order valence-corrected chi connectivity index (χ3v) is 4.04. The second-order valence-electron chi connectivity index (χ2n) is 5.57. The van der Waals surface area contributed by atoms with Gasteiger partial charge in [-0.2, -0.15) is 10.1 Å². The Morgan fingerprint density at radius 3 is 2.73 bits per heavy atom. The van der Waals surface area contributed by atoms with Gasteiger partial charge < -0.3 is 15.2 Å². The Morgan fingerprint density at radius 1 is 1.23 bits per heavy atom. The second-order valence-corrected chi connectivity index (χ2v) is 6.00. The molecule has 0 unspecified atom stereocenters. The number of aromatic nitrogens is 4. The number of rotatable bonds is 6. The molecule has 0 aliphatic heterocycles. The molecule has 0 amide bonds. The highest BCUT2D eigenvalue weighted by molar-refractivity contribution is 6.30. The molecule has 2 heterocycles. The van der Waals surface area contributed by atoms with Crippen LogP contribution in [0.25, 0.3) is 11.4 Å². The summed E-state index contributed by atoms with van der Waals surface area (Å²) in [7, 11) is 3.63. The first kappa shape index (κ1) is 17.9. The number of nitrogens with zero attached hydrogens (tertiary/aromatic N) is 5. The van der Waals surface area contributed by atoms with Gasteiger partial charge in [0.15, 0.2) is 5.96 Å². The highest BCUT2D eigenvalue weighted by Crippen LogP contribution is 2.18. The quantitative estimate of drug-likeness (QED) is 0.507. The molecule has 0 aliphatic rings. The second kappa shape index (κ2) is 8.48. The molecule has 0 spiro atoms. The Balaban J connectivity index is 1.48. The molecule has 9 heteroatoms. The number of guanidine groups is 1. The maximum Gasteiger partial charge on any atom is 0.228 e. The Morgan fingerprint density at radius 2 is 2.04 bits per heavy atom. The van der Waals surface area contributed by atoms with Crippen molar-refractivity contribution in [3.8, 4) is 11.4 Å². The van der Waals surface area contributed by atoms with Crippen molar-refractivity contribution in [1.82, 2.24) is 30.6 Å². The molecule has 0 bridgehead atoms. The van der Waals surface area contributed by atoms with Crippen LogP contribution in [-0.2, 0) is 20.0 Å². The molecule has 136 valence electrons. The minimum atomic E-state index is 0.551. The predicted molar refractivity (Wildman–Crippen MR) is 99.9 cm³/mol. The molecule has 2 aromatic heterocycles. The number of nitrogens with one attached hydrogen (secondary N) is 2. The van der Waals surface area contributed by atoms with Crippen molar-refractivity contribution in [1.29, 1.82) is 0 Å². The van der Waals surface area contributed by atoms with E-state index in [0.29, 0.717) is 42.2 Å². The molecule has 1 aromatic carbocycles. The average molecular weight is 374 g/mol. The fraction of sp³-hybridized carbons (Fsp3) is 0.294. The van der Waals surface area contributed by atoms with Crippen LogP contribution in [-0.4, -0.2) is 39.5 Å². The van der Waals surface area contributed by atoms with Crippen molar-refractivity contribution in [3.05, 3.63) is 53.1 Å². The molecule has 3 rings (SSSR count). The zero-order valence-electron chi connectivity index (χ0n) is 14.6. The Labute approximate surface area is 156 Å². The van der Waals surface area contributed by atoms with Crippen molar-refractivity contribution in [2.75, 3.05) is 13.6 Å². The monoisotopic (exact) mass is 373 g/mol. The van der Waals surface area contributed by atoms with E-state index in [1.165, 1.54) is 0 Å². The lowest BCUT2D eigenvalue weighted by atomic mass is 10.2. The van der Waals surface area contributed by atoms with Gasteiger partial charge in [0.25, 0.3) is 0 Å². The normalized spacial score (nSPS) is 11.6. The van der Waals surface area contributed by atoms with E-state index < -0.39 is 0 Å². The summed E-state index contributed by atoms with van der Waals surface area (Å²) in [6.45, 7) is 1.25. The maximum absolute atomic E-state index is 5.89. The number of aryl methyl sites for hydroxylation is 1. The van der Waals surface area contributed by atoms with Crippen LogP contribution in [0, 0.1) is 0 Å². The Kier molecular flexibility index (Phi) is 5.85. The number of hydrogen-bond acceptors (Lipinski definition) is 5. The first-order valence-corrected chi connectivity index (χ1v) is 8.53. The zero-order chi connectivity index (χ0) is 18.4. The van der Waals surface area contributed by atoms with E-state index in [1.807, 2.05) is 29.9 Å². The van der Waals surface area contributed by atoms with E-state index in [-0.39, 0.29) is 0 Å². The van der Waals surface area contributed by atoms with Gasteiger partial charge >= 0.3 is 0 Å². The van der Waals surface area contributed by atoms with E-state index in [4.69, 9.17) is 16.1 Å². The van der Waals surface area contributed by atoms with Gasteiger partial charge in [-0.1, -0.05) is 16.8 Å². The van der Waals surface area contributed by atoms with Crippen molar-refractivity contribution >= 4 is 17.6 Å². The molecule has 0 saturated carbocycles. The lowest BCUT2D eigenvalue weighted by molar-refractivity contribution is 0.378. The lowest BCUT2D eigenvalue weighted by Crippen LogP contribution is -2.38. The number of benzene rings is 1. The van der Waals surface area contributed by atoms with Gasteiger partial charge in [0.05, 0.1) is 12.2 Å². The van der Waals surface area contributed by atoms with Crippen LogP contribution in [0.5, 0.6) is 0 Å². The third kappa shape index (κ3) is 4.60. The largest absolute Gasteiger partial charge is 0.356 e. The summed E-state index contributed by atoms with van der Waals surface area (Å²) in [6.07, 6.45) is 2.36. The van der Waals surface area contributed by atoms with E-state index in [2.05, 4.69) is 30.9 Å². The number of halogens is 1. The molecule has 8 nitrogen and oxygen atoms in total. The summed E-state index contributed by atoms with van der Waals surface area (Å²) < 4.78 is 7.11. The van der Waals surface area contributed by atoms with Gasteiger partial charge in [-0.05, 0) is 30.3 Å².